The largest absolute Gasteiger partial charge is 0.341 e. The average molecular weight is 312 g/mol. The summed E-state index contributed by atoms with van der Waals surface area (Å²) in [6, 6.07) is 1.35. The zero-order chi connectivity index (χ0) is 15.4. The number of amides is 1. The van der Waals surface area contributed by atoms with Crippen molar-refractivity contribution in [3.8, 4) is 0 Å². The van der Waals surface area contributed by atoms with Gasteiger partial charge in [-0.25, -0.2) is 4.98 Å². The SMILES string of the molecule is CN(CC1CCCCC1)C(=O)c1ccnc(Cl)c1[N+](=O)[O-]. The van der Waals surface area contributed by atoms with Gasteiger partial charge >= 0.3 is 5.69 Å². The lowest BCUT2D eigenvalue weighted by atomic mass is 9.89. The summed E-state index contributed by atoms with van der Waals surface area (Å²) in [7, 11) is 1.68. The van der Waals surface area contributed by atoms with Crippen LogP contribution >= 0.6 is 11.6 Å². The molecule has 0 aromatic carbocycles. The molecule has 0 bridgehead atoms. The number of carbonyl (C=O) groups excluding carboxylic acids is 1. The van der Waals surface area contributed by atoms with Gasteiger partial charge in [0.05, 0.1) is 4.92 Å². The predicted octanol–water partition coefficient (Wildman–Crippen LogP) is 3.30. The molecule has 0 atom stereocenters. The smallest absolute Gasteiger partial charge is 0.319 e. The van der Waals surface area contributed by atoms with Crippen LogP contribution < -0.4 is 0 Å². The van der Waals surface area contributed by atoms with Crippen molar-refractivity contribution in [2.75, 3.05) is 13.6 Å². The molecule has 1 aromatic heterocycles. The van der Waals surface area contributed by atoms with E-state index in [2.05, 4.69) is 4.98 Å². The van der Waals surface area contributed by atoms with Gasteiger partial charge < -0.3 is 4.90 Å². The monoisotopic (exact) mass is 311 g/mol. The Bertz CT molecular complexity index is 544. The third kappa shape index (κ3) is 3.69. The summed E-state index contributed by atoms with van der Waals surface area (Å²) >= 11 is 5.74. The van der Waals surface area contributed by atoms with Gasteiger partial charge in [0, 0.05) is 19.8 Å². The Kier molecular flexibility index (Phi) is 5.12. The summed E-state index contributed by atoms with van der Waals surface area (Å²) in [5.41, 5.74) is -0.419. The molecule has 1 fully saturated rings. The van der Waals surface area contributed by atoms with Crippen LogP contribution in [-0.4, -0.2) is 34.3 Å². The van der Waals surface area contributed by atoms with Crippen LogP contribution in [0.5, 0.6) is 0 Å². The van der Waals surface area contributed by atoms with Gasteiger partial charge in [-0.15, -0.1) is 0 Å². The van der Waals surface area contributed by atoms with Crippen molar-refractivity contribution in [1.82, 2.24) is 9.88 Å². The highest BCUT2D eigenvalue weighted by Gasteiger charge is 2.28. The number of rotatable bonds is 4. The molecule has 114 valence electrons. The molecule has 0 radical (unpaired) electrons. The van der Waals surface area contributed by atoms with E-state index in [1.807, 2.05) is 0 Å². The molecule has 0 N–H and O–H groups in total. The molecule has 0 saturated heterocycles. The maximum atomic E-state index is 12.4. The zero-order valence-electron chi connectivity index (χ0n) is 11.9. The molecule has 1 aliphatic rings. The first-order valence-electron chi connectivity index (χ1n) is 7.05. The van der Waals surface area contributed by atoms with Crippen LogP contribution in [0.15, 0.2) is 12.3 Å². The van der Waals surface area contributed by atoms with Crippen molar-refractivity contribution in [3.05, 3.63) is 33.1 Å². The van der Waals surface area contributed by atoms with E-state index < -0.39 is 10.6 Å². The Morgan fingerprint density at radius 2 is 2.14 bits per heavy atom. The van der Waals surface area contributed by atoms with Gasteiger partial charge in [0.25, 0.3) is 5.91 Å². The maximum Gasteiger partial charge on any atom is 0.319 e. The van der Waals surface area contributed by atoms with Crippen LogP contribution in [0.4, 0.5) is 5.69 Å². The van der Waals surface area contributed by atoms with Crippen LogP contribution in [0.25, 0.3) is 0 Å². The van der Waals surface area contributed by atoms with Crippen molar-refractivity contribution >= 4 is 23.2 Å². The highest BCUT2D eigenvalue weighted by Crippen LogP contribution is 2.28. The molecule has 7 heteroatoms. The van der Waals surface area contributed by atoms with Gasteiger partial charge in [-0.2, -0.15) is 0 Å². The number of nitrogens with zero attached hydrogens (tertiary/aromatic N) is 3. The Balaban J connectivity index is 2.15. The first-order chi connectivity index (χ1) is 10.0. The zero-order valence-corrected chi connectivity index (χ0v) is 12.7. The van der Waals surface area contributed by atoms with Crippen LogP contribution in [0.3, 0.4) is 0 Å². The lowest BCUT2D eigenvalue weighted by Crippen LogP contribution is -2.33. The van der Waals surface area contributed by atoms with E-state index in [0.717, 1.165) is 12.8 Å². The van der Waals surface area contributed by atoms with Crippen LogP contribution in [0.1, 0.15) is 42.5 Å². The molecule has 1 heterocycles. The number of pyridine rings is 1. The van der Waals surface area contributed by atoms with Crippen LogP contribution in [-0.2, 0) is 0 Å². The van der Waals surface area contributed by atoms with Crippen molar-refractivity contribution in [1.29, 1.82) is 0 Å². The molecule has 1 aliphatic carbocycles. The van der Waals surface area contributed by atoms with E-state index in [-0.39, 0.29) is 16.6 Å². The highest BCUT2D eigenvalue weighted by atomic mass is 35.5. The first kappa shape index (κ1) is 15.7. The van der Waals surface area contributed by atoms with Crippen molar-refractivity contribution in [2.45, 2.75) is 32.1 Å². The first-order valence-corrected chi connectivity index (χ1v) is 7.43. The summed E-state index contributed by atoms with van der Waals surface area (Å²) in [5.74, 6) is 0.0978. The minimum atomic E-state index is -0.656. The van der Waals surface area contributed by atoms with Crippen LogP contribution in [0.2, 0.25) is 5.15 Å². The van der Waals surface area contributed by atoms with Gasteiger partial charge in [0.1, 0.15) is 5.56 Å². The molecule has 1 aromatic rings. The van der Waals surface area contributed by atoms with Gasteiger partial charge in [0.2, 0.25) is 5.15 Å². The highest BCUT2D eigenvalue weighted by molar-refractivity contribution is 6.32. The van der Waals surface area contributed by atoms with Crippen molar-refractivity contribution in [2.24, 2.45) is 5.92 Å². The number of hydrogen-bond donors (Lipinski definition) is 0. The number of hydrogen-bond acceptors (Lipinski definition) is 4. The summed E-state index contributed by atoms with van der Waals surface area (Å²) in [6.45, 7) is 0.621. The fourth-order valence-electron chi connectivity index (χ4n) is 2.82. The van der Waals surface area contributed by atoms with E-state index in [4.69, 9.17) is 11.6 Å². The Morgan fingerprint density at radius 3 is 2.76 bits per heavy atom. The number of carbonyl (C=O) groups is 1. The Morgan fingerprint density at radius 1 is 1.48 bits per heavy atom. The van der Waals surface area contributed by atoms with Crippen LogP contribution in [0, 0.1) is 16.0 Å². The molecule has 1 amide bonds. The van der Waals surface area contributed by atoms with E-state index in [0.29, 0.717) is 12.5 Å². The molecule has 2 rings (SSSR count). The van der Waals surface area contributed by atoms with E-state index in [1.54, 1.807) is 11.9 Å². The summed E-state index contributed by atoms with van der Waals surface area (Å²) in [6.07, 6.45) is 7.16. The van der Waals surface area contributed by atoms with E-state index in [9.17, 15) is 14.9 Å². The number of nitro groups is 1. The summed E-state index contributed by atoms with van der Waals surface area (Å²) < 4.78 is 0. The van der Waals surface area contributed by atoms with Gasteiger partial charge in [-0.3, -0.25) is 14.9 Å². The lowest BCUT2D eigenvalue weighted by molar-refractivity contribution is -0.385. The minimum Gasteiger partial charge on any atom is -0.341 e. The standard InChI is InChI=1S/C14H18ClN3O3/c1-17(9-10-5-3-2-4-6-10)14(19)11-7-8-16-13(15)12(11)18(20)21/h7-8,10H,2-6,9H2,1H3. The summed E-state index contributed by atoms with van der Waals surface area (Å²) in [5, 5.41) is 10.8. The van der Waals surface area contributed by atoms with Crippen molar-refractivity contribution < 1.29 is 9.72 Å². The third-order valence-electron chi connectivity index (χ3n) is 3.90. The Labute approximate surface area is 128 Å². The number of halogens is 1. The van der Waals surface area contributed by atoms with Crippen molar-refractivity contribution in [3.63, 3.8) is 0 Å². The molecular formula is C14H18ClN3O3. The molecule has 0 spiro atoms. The molecule has 1 saturated carbocycles. The van der Waals surface area contributed by atoms with E-state index >= 15 is 0 Å². The molecule has 0 aliphatic heterocycles. The predicted molar refractivity (Wildman–Crippen MR) is 79.4 cm³/mol. The molecule has 21 heavy (non-hydrogen) atoms. The fraction of sp³-hybridized carbons (Fsp3) is 0.571. The lowest BCUT2D eigenvalue weighted by Gasteiger charge is -2.27. The second-order valence-corrected chi connectivity index (χ2v) is 5.80. The Hall–Kier alpha value is -1.69. The normalized spacial score (nSPS) is 15.7. The quantitative estimate of drug-likeness (QED) is 0.485. The molecule has 0 unspecified atom stereocenters. The fourth-order valence-corrected chi connectivity index (χ4v) is 3.05. The summed E-state index contributed by atoms with van der Waals surface area (Å²) in [4.78, 5) is 28.1. The van der Waals surface area contributed by atoms with Gasteiger partial charge in [-0.1, -0.05) is 30.9 Å². The van der Waals surface area contributed by atoms with Gasteiger partial charge in [-0.05, 0) is 24.8 Å². The molecular weight excluding hydrogens is 294 g/mol. The number of aromatic nitrogens is 1. The molecule has 6 nitrogen and oxygen atoms in total. The minimum absolute atomic E-state index is 0.00157. The second-order valence-electron chi connectivity index (χ2n) is 5.44. The third-order valence-corrected chi connectivity index (χ3v) is 4.17. The second kappa shape index (κ2) is 6.85. The van der Waals surface area contributed by atoms with Gasteiger partial charge in [0.15, 0.2) is 0 Å². The maximum absolute atomic E-state index is 12.4. The topological polar surface area (TPSA) is 76.3 Å². The van der Waals surface area contributed by atoms with E-state index in [1.165, 1.54) is 31.5 Å². The average Bonchev–Trinajstić information content (AvgIpc) is 2.46.